The largest absolute Gasteiger partial charge is 0.435 e. The van der Waals surface area contributed by atoms with Gasteiger partial charge in [0.25, 0.3) is 5.91 Å². The van der Waals surface area contributed by atoms with E-state index >= 15 is 0 Å². The quantitative estimate of drug-likeness (QED) is 0.840. The van der Waals surface area contributed by atoms with E-state index in [1.807, 2.05) is 6.92 Å². The molecule has 1 saturated heterocycles. The number of rotatable bonds is 3. The molecule has 1 aliphatic rings. The van der Waals surface area contributed by atoms with E-state index in [1.165, 1.54) is 17.0 Å². The van der Waals surface area contributed by atoms with Crippen LogP contribution in [0.5, 0.6) is 0 Å². The van der Waals surface area contributed by atoms with Crippen molar-refractivity contribution in [2.75, 3.05) is 19.6 Å². The molecule has 140 valence electrons. The molecule has 2 N–H and O–H groups in total. The van der Waals surface area contributed by atoms with E-state index < -0.39 is 35.0 Å². The van der Waals surface area contributed by atoms with Gasteiger partial charge in [-0.2, -0.15) is 13.2 Å². The van der Waals surface area contributed by atoms with E-state index in [9.17, 15) is 22.4 Å². The number of carbonyl (C=O) groups excluding carboxylic acids is 1. The SMILES string of the molecule is CC1(CN)CCN(C(=O)c2nnn(-c3ccccc3F)c2C(F)(F)F)C1. The molecule has 6 nitrogen and oxygen atoms in total. The predicted octanol–water partition coefficient (Wildman–Crippen LogP) is 2.24. The molecule has 0 aliphatic carbocycles. The van der Waals surface area contributed by atoms with Gasteiger partial charge in [-0.1, -0.05) is 24.3 Å². The lowest BCUT2D eigenvalue weighted by Crippen LogP contribution is -2.35. The van der Waals surface area contributed by atoms with Gasteiger partial charge >= 0.3 is 6.18 Å². The van der Waals surface area contributed by atoms with E-state index in [1.54, 1.807) is 0 Å². The van der Waals surface area contributed by atoms with Crippen molar-refractivity contribution in [2.45, 2.75) is 19.5 Å². The number of benzene rings is 1. The van der Waals surface area contributed by atoms with E-state index in [-0.39, 0.29) is 18.5 Å². The number of carbonyl (C=O) groups is 1. The van der Waals surface area contributed by atoms with Crippen LogP contribution in [-0.2, 0) is 6.18 Å². The van der Waals surface area contributed by atoms with Crippen LogP contribution in [0.2, 0.25) is 0 Å². The van der Waals surface area contributed by atoms with Crippen LogP contribution in [0.1, 0.15) is 29.5 Å². The predicted molar refractivity (Wildman–Crippen MR) is 84.0 cm³/mol. The number of hydrogen-bond donors (Lipinski definition) is 1. The summed E-state index contributed by atoms with van der Waals surface area (Å²) in [4.78, 5) is 13.9. The Balaban J connectivity index is 2.04. The minimum Gasteiger partial charge on any atom is -0.337 e. The van der Waals surface area contributed by atoms with E-state index in [4.69, 9.17) is 5.73 Å². The minimum atomic E-state index is -4.94. The van der Waals surface area contributed by atoms with Gasteiger partial charge in [0.2, 0.25) is 0 Å². The molecular weight excluding hydrogens is 354 g/mol. The molecule has 3 rings (SSSR count). The molecule has 0 spiro atoms. The Bertz CT molecular complexity index is 834. The second kappa shape index (κ2) is 6.35. The molecule has 1 atom stereocenters. The van der Waals surface area contributed by atoms with Crippen molar-refractivity contribution in [3.05, 3.63) is 41.5 Å². The average Bonchev–Trinajstić information content (AvgIpc) is 3.19. The molecule has 1 aromatic heterocycles. The summed E-state index contributed by atoms with van der Waals surface area (Å²) >= 11 is 0. The third-order valence-electron chi connectivity index (χ3n) is 4.56. The highest BCUT2D eigenvalue weighted by Gasteiger charge is 2.45. The van der Waals surface area contributed by atoms with E-state index in [0.717, 1.165) is 12.1 Å². The van der Waals surface area contributed by atoms with Gasteiger partial charge in [-0.25, -0.2) is 9.07 Å². The van der Waals surface area contributed by atoms with Crippen LogP contribution in [0.3, 0.4) is 0 Å². The van der Waals surface area contributed by atoms with Crippen molar-refractivity contribution in [1.82, 2.24) is 19.9 Å². The molecule has 1 fully saturated rings. The topological polar surface area (TPSA) is 77.0 Å². The maximum absolute atomic E-state index is 13.9. The molecule has 0 radical (unpaired) electrons. The number of alkyl halides is 3. The average molecular weight is 371 g/mol. The Morgan fingerprint density at radius 3 is 2.62 bits per heavy atom. The number of hydrogen-bond acceptors (Lipinski definition) is 4. The van der Waals surface area contributed by atoms with E-state index in [0.29, 0.717) is 17.6 Å². The zero-order valence-corrected chi connectivity index (χ0v) is 13.9. The lowest BCUT2D eigenvalue weighted by molar-refractivity contribution is -0.143. The highest BCUT2D eigenvalue weighted by molar-refractivity contribution is 5.93. The second-order valence-corrected chi connectivity index (χ2v) is 6.64. The molecule has 1 aromatic carbocycles. The number of para-hydroxylation sites is 1. The molecule has 2 heterocycles. The van der Waals surface area contributed by atoms with Crippen LogP contribution in [-0.4, -0.2) is 45.4 Å². The summed E-state index contributed by atoms with van der Waals surface area (Å²) in [5.74, 6) is -1.80. The highest BCUT2D eigenvalue weighted by Crippen LogP contribution is 2.35. The summed E-state index contributed by atoms with van der Waals surface area (Å²) in [5.41, 5.74) is 2.65. The smallest absolute Gasteiger partial charge is 0.337 e. The van der Waals surface area contributed by atoms with Crippen molar-refractivity contribution < 1.29 is 22.4 Å². The third-order valence-corrected chi connectivity index (χ3v) is 4.56. The summed E-state index contributed by atoms with van der Waals surface area (Å²) in [6.45, 7) is 2.68. The molecule has 2 aromatic rings. The Morgan fingerprint density at radius 2 is 2.04 bits per heavy atom. The molecule has 10 heteroatoms. The summed E-state index contributed by atoms with van der Waals surface area (Å²) in [7, 11) is 0. The zero-order chi connectivity index (χ0) is 19.1. The molecule has 1 aliphatic heterocycles. The van der Waals surface area contributed by atoms with Gasteiger partial charge in [0.05, 0.1) is 0 Å². The van der Waals surface area contributed by atoms with Gasteiger partial charge in [0, 0.05) is 13.1 Å². The number of halogens is 4. The van der Waals surface area contributed by atoms with Crippen molar-refractivity contribution in [3.8, 4) is 5.69 Å². The Labute approximate surface area is 146 Å². The lowest BCUT2D eigenvalue weighted by Gasteiger charge is -2.22. The first-order valence-electron chi connectivity index (χ1n) is 7.93. The first kappa shape index (κ1) is 18.3. The summed E-state index contributed by atoms with van der Waals surface area (Å²) in [6.07, 6.45) is -4.36. The zero-order valence-electron chi connectivity index (χ0n) is 13.9. The maximum atomic E-state index is 13.9. The van der Waals surface area contributed by atoms with Crippen molar-refractivity contribution >= 4 is 5.91 Å². The van der Waals surface area contributed by atoms with Gasteiger partial charge in [-0.15, -0.1) is 5.10 Å². The molecule has 1 unspecified atom stereocenters. The van der Waals surface area contributed by atoms with Crippen molar-refractivity contribution in [2.24, 2.45) is 11.1 Å². The molecule has 26 heavy (non-hydrogen) atoms. The minimum absolute atomic E-state index is 0.228. The summed E-state index contributed by atoms with van der Waals surface area (Å²) < 4.78 is 55.1. The van der Waals surface area contributed by atoms with Crippen LogP contribution < -0.4 is 5.73 Å². The van der Waals surface area contributed by atoms with Gasteiger partial charge in [-0.05, 0) is 30.5 Å². The normalized spacial score (nSPS) is 20.6. The van der Waals surface area contributed by atoms with Gasteiger partial charge in [0.1, 0.15) is 11.5 Å². The van der Waals surface area contributed by atoms with Crippen molar-refractivity contribution in [3.63, 3.8) is 0 Å². The number of nitrogens with two attached hydrogens (primary N) is 1. The molecule has 0 saturated carbocycles. The monoisotopic (exact) mass is 371 g/mol. The van der Waals surface area contributed by atoms with Crippen LogP contribution >= 0.6 is 0 Å². The number of nitrogens with zero attached hydrogens (tertiary/aromatic N) is 4. The number of aromatic nitrogens is 3. The van der Waals surface area contributed by atoms with Crippen molar-refractivity contribution in [1.29, 1.82) is 0 Å². The first-order chi connectivity index (χ1) is 12.2. The fraction of sp³-hybridized carbons (Fsp3) is 0.438. The second-order valence-electron chi connectivity index (χ2n) is 6.64. The molecule has 0 bridgehead atoms. The Morgan fingerprint density at radius 1 is 1.35 bits per heavy atom. The molecule has 1 amide bonds. The Kier molecular flexibility index (Phi) is 4.47. The van der Waals surface area contributed by atoms with E-state index in [2.05, 4.69) is 10.3 Å². The number of likely N-dealkylation sites (tertiary alicyclic amines) is 1. The van der Waals surface area contributed by atoms with Crippen LogP contribution in [0, 0.1) is 11.2 Å². The number of amides is 1. The fourth-order valence-electron chi connectivity index (χ4n) is 2.99. The standard InChI is InChI=1S/C16H17F4N5O/c1-15(8-21)6-7-24(9-15)14(26)12-13(16(18,19)20)25(23-22-12)11-5-3-2-4-10(11)17/h2-5H,6-9,21H2,1H3. The molecular formula is C16H17F4N5O. The first-order valence-corrected chi connectivity index (χ1v) is 7.93. The third kappa shape index (κ3) is 3.16. The van der Waals surface area contributed by atoms with Gasteiger partial charge < -0.3 is 10.6 Å². The van der Waals surface area contributed by atoms with Gasteiger partial charge in [0.15, 0.2) is 11.4 Å². The Hall–Kier alpha value is -2.49. The van der Waals surface area contributed by atoms with Crippen LogP contribution in [0.25, 0.3) is 5.69 Å². The summed E-state index contributed by atoms with van der Waals surface area (Å²) in [5, 5.41) is 6.82. The fourth-order valence-corrected chi connectivity index (χ4v) is 2.99. The van der Waals surface area contributed by atoms with Crippen LogP contribution in [0.15, 0.2) is 24.3 Å². The lowest BCUT2D eigenvalue weighted by atomic mass is 9.90. The highest BCUT2D eigenvalue weighted by atomic mass is 19.4. The maximum Gasteiger partial charge on any atom is 0.435 e. The van der Waals surface area contributed by atoms with Crippen LogP contribution in [0.4, 0.5) is 17.6 Å². The summed E-state index contributed by atoms with van der Waals surface area (Å²) in [6, 6.07) is 4.85. The van der Waals surface area contributed by atoms with Gasteiger partial charge in [-0.3, -0.25) is 4.79 Å².